The summed E-state index contributed by atoms with van der Waals surface area (Å²) >= 11 is 3.04. The molecule has 6 heteroatoms. The van der Waals surface area contributed by atoms with Crippen molar-refractivity contribution in [2.75, 3.05) is 18.4 Å². The summed E-state index contributed by atoms with van der Waals surface area (Å²) in [6, 6.07) is 3.70. The fourth-order valence-electron chi connectivity index (χ4n) is 2.21. The number of nitrogens with zero attached hydrogens (tertiary/aromatic N) is 1. The maximum Gasteiger partial charge on any atom is 0.267 e. The predicted molar refractivity (Wildman–Crippen MR) is 79.2 cm³/mol. The van der Waals surface area contributed by atoms with Gasteiger partial charge in [0.1, 0.15) is 0 Å². The second-order valence-corrected chi connectivity index (χ2v) is 6.53. The molecule has 0 saturated carbocycles. The Morgan fingerprint density at radius 2 is 2.26 bits per heavy atom. The molecule has 2 aromatic heterocycles. The van der Waals surface area contributed by atoms with Gasteiger partial charge in [0.05, 0.1) is 4.88 Å². The molecule has 0 radical (unpaired) electrons. The van der Waals surface area contributed by atoms with Crippen molar-refractivity contribution in [3.8, 4) is 0 Å². The molecule has 0 aliphatic carbocycles. The van der Waals surface area contributed by atoms with Gasteiger partial charge in [0, 0.05) is 11.1 Å². The maximum absolute atomic E-state index is 11.9. The molecule has 1 amide bonds. The average molecular weight is 293 g/mol. The van der Waals surface area contributed by atoms with Gasteiger partial charge in [0.15, 0.2) is 5.13 Å². The fourth-order valence-corrected chi connectivity index (χ4v) is 3.81. The Hall–Kier alpha value is -1.24. The van der Waals surface area contributed by atoms with Crippen LogP contribution in [0.1, 0.15) is 33.3 Å². The van der Waals surface area contributed by atoms with Gasteiger partial charge in [0.2, 0.25) is 0 Å². The SMILES string of the molecule is O=C(Nc1ncc(C2CCNCC2)s1)c1cccs1. The third-order valence-electron chi connectivity index (χ3n) is 3.23. The number of carbonyl (C=O) groups is 1. The molecular formula is C13H15N3OS2. The number of rotatable bonds is 3. The lowest BCUT2D eigenvalue weighted by Crippen LogP contribution is -2.26. The van der Waals surface area contributed by atoms with E-state index in [2.05, 4.69) is 15.6 Å². The molecule has 1 fully saturated rings. The summed E-state index contributed by atoms with van der Waals surface area (Å²) < 4.78 is 0. The first-order valence-electron chi connectivity index (χ1n) is 6.34. The topological polar surface area (TPSA) is 54.0 Å². The van der Waals surface area contributed by atoms with E-state index in [0.29, 0.717) is 11.0 Å². The van der Waals surface area contributed by atoms with E-state index < -0.39 is 0 Å². The molecule has 3 rings (SSSR count). The normalized spacial score (nSPS) is 16.4. The first-order chi connectivity index (χ1) is 9.33. The minimum atomic E-state index is -0.0683. The standard InChI is InChI=1S/C13H15N3OS2/c17-12(10-2-1-7-18-10)16-13-15-8-11(19-13)9-3-5-14-6-4-9/h1-2,7-9,14H,3-6H2,(H,15,16,17). The maximum atomic E-state index is 11.9. The smallest absolute Gasteiger partial charge is 0.267 e. The van der Waals surface area contributed by atoms with Gasteiger partial charge >= 0.3 is 0 Å². The van der Waals surface area contributed by atoms with E-state index in [1.165, 1.54) is 16.2 Å². The molecule has 0 atom stereocenters. The van der Waals surface area contributed by atoms with Crippen molar-refractivity contribution < 1.29 is 4.79 Å². The zero-order valence-electron chi connectivity index (χ0n) is 10.4. The van der Waals surface area contributed by atoms with Crippen LogP contribution in [0.2, 0.25) is 0 Å². The number of thiazole rings is 1. The highest BCUT2D eigenvalue weighted by Gasteiger charge is 2.18. The van der Waals surface area contributed by atoms with Gasteiger partial charge in [-0.15, -0.1) is 22.7 Å². The summed E-state index contributed by atoms with van der Waals surface area (Å²) in [4.78, 5) is 18.2. The molecule has 2 N–H and O–H groups in total. The molecule has 1 saturated heterocycles. The lowest BCUT2D eigenvalue weighted by atomic mass is 9.97. The van der Waals surface area contributed by atoms with E-state index in [0.717, 1.165) is 30.8 Å². The van der Waals surface area contributed by atoms with Crippen molar-refractivity contribution in [2.24, 2.45) is 0 Å². The molecule has 0 spiro atoms. The monoisotopic (exact) mass is 293 g/mol. The van der Waals surface area contributed by atoms with E-state index in [1.54, 1.807) is 11.3 Å². The molecule has 1 aliphatic heterocycles. The summed E-state index contributed by atoms with van der Waals surface area (Å²) in [7, 11) is 0. The number of amides is 1. The second kappa shape index (κ2) is 5.81. The number of nitrogens with one attached hydrogen (secondary N) is 2. The summed E-state index contributed by atoms with van der Waals surface area (Å²) in [5.41, 5.74) is 0. The Balaban J connectivity index is 1.66. The van der Waals surface area contributed by atoms with Crippen molar-refractivity contribution in [3.63, 3.8) is 0 Å². The number of hydrogen-bond acceptors (Lipinski definition) is 5. The molecule has 19 heavy (non-hydrogen) atoms. The van der Waals surface area contributed by atoms with Crippen LogP contribution in [-0.4, -0.2) is 24.0 Å². The predicted octanol–water partition coefficient (Wildman–Crippen LogP) is 2.92. The minimum absolute atomic E-state index is 0.0683. The highest BCUT2D eigenvalue weighted by molar-refractivity contribution is 7.16. The van der Waals surface area contributed by atoms with Crippen LogP contribution >= 0.6 is 22.7 Å². The van der Waals surface area contributed by atoms with E-state index >= 15 is 0 Å². The van der Waals surface area contributed by atoms with E-state index in [-0.39, 0.29) is 5.91 Å². The van der Waals surface area contributed by atoms with Gasteiger partial charge < -0.3 is 5.32 Å². The molecule has 0 unspecified atom stereocenters. The van der Waals surface area contributed by atoms with Gasteiger partial charge in [-0.1, -0.05) is 6.07 Å². The molecule has 4 nitrogen and oxygen atoms in total. The van der Waals surface area contributed by atoms with Gasteiger partial charge in [-0.2, -0.15) is 0 Å². The first kappa shape index (κ1) is 12.8. The van der Waals surface area contributed by atoms with Gasteiger partial charge in [0.25, 0.3) is 5.91 Å². The third-order valence-corrected chi connectivity index (χ3v) is 5.17. The van der Waals surface area contributed by atoms with Crippen molar-refractivity contribution in [1.29, 1.82) is 0 Å². The van der Waals surface area contributed by atoms with Crippen molar-refractivity contribution in [3.05, 3.63) is 33.5 Å². The third kappa shape index (κ3) is 3.02. The molecule has 2 aromatic rings. The van der Waals surface area contributed by atoms with Crippen LogP contribution in [0.25, 0.3) is 0 Å². The van der Waals surface area contributed by atoms with Crippen LogP contribution in [-0.2, 0) is 0 Å². The fraction of sp³-hybridized carbons (Fsp3) is 0.385. The van der Waals surface area contributed by atoms with Crippen LogP contribution in [0, 0.1) is 0 Å². The van der Waals surface area contributed by atoms with Crippen molar-refractivity contribution in [1.82, 2.24) is 10.3 Å². The molecule has 0 bridgehead atoms. The average Bonchev–Trinajstić information content (AvgIpc) is 3.11. The van der Waals surface area contributed by atoms with Gasteiger partial charge in [-0.3, -0.25) is 10.1 Å². The van der Waals surface area contributed by atoms with Crippen LogP contribution in [0.3, 0.4) is 0 Å². The Morgan fingerprint density at radius 1 is 1.42 bits per heavy atom. The number of thiophene rings is 1. The second-order valence-electron chi connectivity index (χ2n) is 4.52. The highest BCUT2D eigenvalue weighted by Crippen LogP contribution is 2.31. The number of piperidine rings is 1. The lowest BCUT2D eigenvalue weighted by Gasteiger charge is -2.20. The van der Waals surface area contributed by atoms with Gasteiger partial charge in [-0.05, 0) is 43.3 Å². The zero-order chi connectivity index (χ0) is 13.1. The number of hydrogen-bond donors (Lipinski definition) is 2. The number of anilines is 1. The van der Waals surface area contributed by atoms with E-state index in [1.807, 2.05) is 23.7 Å². The Morgan fingerprint density at radius 3 is 3.00 bits per heavy atom. The quantitative estimate of drug-likeness (QED) is 0.915. The van der Waals surface area contributed by atoms with E-state index in [4.69, 9.17) is 0 Å². The van der Waals surface area contributed by atoms with Crippen LogP contribution in [0.4, 0.5) is 5.13 Å². The van der Waals surface area contributed by atoms with Crippen LogP contribution in [0.5, 0.6) is 0 Å². The summed E-state index contributed by atoms with van der Waals surface area (Å²) in [6.07, 6.45) is 4.21. The van der Waals surface area contributed by atoms with Crippen molar-refractivity contribution in [2.45, 2.75) is 18.8 Å². The molecule has 100 valence electrons. The summed E-state index contributed by atoms with van der Waals surface area (Å²) in [5, 5.41) is 8.83. The molecule has 3 heterocycles. The Labute approximate surface area is 119 Å². The summed E-state index contributed by atoms with van der Waals surface area (Å²) in [5.74, 6) is 0.521. The molecule has 1 aliphatic rings. The first-order valence-corrected chi connectivity index (χ1v) is 8.04. The molecule has 0 aromatic carbocycles. The zero-order valence-corrected chi connectivity index (χ0v) is 12.0. The number of carbonyl (C=O) groups excluding carboxylic acids is 1. The van der Waals surface area contributed by atoms with Gasteiger partial charge in [-0.25, -0.2) is 4.98 Å². The highest BCUT2D eigenvalue weighted by atomic mass is 32.1. The van der Waals surface area contributed by atoms with E-state index in [9.17, 15) is 4.79 Å². The van der Waals surface area contributed by atoms with Crippen LogP contribution < -0.4 is 10.6 Å². The van der Waals surface area contributed by atoms with Crippen LogP contribution in [0.15, 0.2) is 23.7 Å². The minimum Gasteiger partial charge on any atom is -0.317 e. The number of aromatic nitrogens is 1. The molecular weight excluding hydrogens is 278 g/mol. The largest absolute Gasteiger partial charge is 0.317 e. The van der Waals surface area contributed by atoms with Crippen molar-refractivity contribution >= 4 is 33.7 Å². The lowest BCUT2D eigenvalue weighted by molar-refractivity contribution is 0.103. The summed E-state index contributed by atoms with van der Waals surface area (Å²) in [6.45, 7) is 2.14. The Kier molecular flexibility index (Phi) is 3.91. The Bertz CT molecular complexity index is 544.